The molecule has 0 radical (unpaired) electrons. The summed E-state index contributed by atoms with van der Waals surface area (Å²) in [5.74, 6) is 0.311. The maximum Gasteiger partial charge on any atom is 0.115 e. The van der Waals surface area contributed by atoms with Crippen molar-refractivity contribution in [3.05, 3.63) is 29.8 Å². The molecule has 0 aliphatic carbocycles. The molecule has 1 aromatic rings. The highest BCUT2D eigenvalue weighted by Gasteiger charge is 2.27. The number of aromatic hydroxyl groups is 1. The Morgan fingerprint density at radius 3 is 2.65 bits per heavy atom. The standard InChI is InChI=1S/C14H21NO2/c1-11(10-16)15-9-3-2-4-14(15)12-5-7-13(17)8-6-12/h5-8,11,14,16-17H,2-4,9-10H2,1H3. The minimum Gasteiger partial charge on any atom is -0.508 e. The molecule has 1 aromatic carbocycles. The van der Waals surface area contributed by atoms with Crippen LogP contribution >= 0.6 is 0 Å². The van der Waals surface area contributed by atoms with Crippen LogP contribution in [0.15, 0.2) is 24.3 Å². The van der Waals surface area contributed by atoms with E-state index in [2.05, 4.69) is 11.8 Å². The van der Waals surface area contributed by atoms with E-state index in [1.165, 1.54) is 18.4 Å². The highest BCUT2D eigenvalue weighted by molar-refractivity contribution is 5.28. The Morgan fingerprint density at radius 2 is 2.00 bits per heavy atom. The Labute approximate surface area is 103 Å². The molecule has 1 heterocycles. The molecule has 2 unspecified atom stereocenters. The first kappa shape index (κ1) is 12.4. The van der Waals surface area contributed by atoms with Gasteiger partial charge in [0.1, 0.15) is 5.75 Å². The Balaban J connectivity index is 2.18. The summed E-state index contributed by atoms with van der Waals surface area (Å²) < 4.78 is 0. The summed E-state index contributed by atoms with van der Waals surface area (Å²) >= 11 is 0. The van der Waals surface area contributed by atoms with Crippen molar-refractivity contribution in [1.82, 2.24) is 4.90 Å². The maximum atomic E-state index is 9.32. The van der Waals surface area contributed by atoms with Gasteiger partial charge < -0.3 is 10.2 Å². The first-order chi connectivity index (χ1) is 8.22. The molecule has 0 amide bonds. The second-order valence-corrected chi connectivity index (χ2v) is 4.87. The number of piperidine rings is 1. The van der Waals surface area contributed by atoms with Crippen molar-refractivity contribution in [2.75, 3.05) is 13.2 Å². The van der Waals surface area contributed by atoms with Gasteiger partial charge in [-0.3, -0.25) is 4.90 Å². The van der Waals surface area contributed by atoms with Crippen molar-refractivity contribution in [2.45, 2.75) is 38.3 Å². The average molecular weight is 235 g/mol. The van der Waals surface area contributed by atoms with Crippen molar-refractivity contribution in [1.29, 1.82) is 0 Å². The second-order valence-electron chi connectivity index (χ2n) is 4.87. The van der Waals surface area contributed by atoms with Gasteiger partial charge in [-0.15, -0.1) is 0 Å². The fraction of sp³-hybridized carbons (Fsp3) is 0.571. The van der Waals surface area contributed by atoms with E-state index in [0.29, 0.717) is 11.8 Å². The minimum absolute atomic E-state index is 0.203. The van der Waals surface area contributed by atoms with Crippen LogP contribution in [-0.2, 0) is 0 Å². The highest BCUT2D eigenvalue weighted by atomic mass is 16.3. The topological polar surface area (TPSA) is 43.7 Å². The molecule has 1 aliphatic rings. The van der Waals surface area contributed by atoms with E-state index in [0.717, 1.165) is 13.0 Å². The van der Waals surface area contributed by atoms with Gasteiger partial charge in [-0.25, -0.2) is 0 Å². The van der Waals surface area contributed by atoms with Gasteiger partial charge in [0.05, 0.1) is 6.61 Å². The van der Waals surface area contributed by atoms with Crippen molar-refractivity contribution in [3.8, 4) is 5.75 Å². The van der Waals surface area contributed by atoms with Crippen molar-refractivity contribution < 1.29 is 10.2 Å². The van der Waals surface area contributed by atoms with Crippen LogP contribution in [0.1, 0.15) is 37.8 Å². The van der Waals surface area contributed by atoms with Gasteiger partial charge in [0.2, 0.25) is 0 Å². The zero-order valence-corrected chi connectivity index (χ0v) is 10.3. The molecule has 3 nitrogen and oxygen atoms in total. The van der Waals surface area contributed by atoms with E-state index in [1.54, 1.807) is 12.1 Å². The maximum absolute atomic E-state index is 9.32. The van der Waals surface area contributed by atoms with Crippen LogP contribution in [0.4, 0.5) is 0 Å². The third-order valence-electron chi connectivity index (χ3n) is 3.65. The number of phenols is 1. The van der Waals surface area contributed by atoms with Gasteiger partial charge in [0.15, 0.2) is 0 Å². The number of nitrogens with zero attached hydrogens (tertiary/aromatic N) is 1. The number of rotatable bonds is 3. The van der Waals surface area contributed by atoms with E-state index in [-0.39, 0.29) is 12.6 Å². The molecule has 0 aromatic heterocycles. The van der Waals surface area contributed by atoms with Gasteiger partial charge in [-0.1, -0.05) is 18.6 Å². The minimum atomic E-state index is 0.203. The lowest BCUT2D eigenvalue weighted by Crippen LogP contribution is -2.41. The Morgan fingerprint density at radius 1 is 1.29 bits per heavy atom. The normalized spacial score (nSPS) is 23.5. The highest BCUT2D eigenvalue weighted by Crippen LogP contribution is 2.32. The van der Waals surface area contributed by atoms with E-state index in [4.69, 9.17) is 0 Å². The predicted molar refractivity (Wildman–Crippen MR) is 68.0 cm³/mol. The summed E-state index contributed by atoms with van der Waals surface area (Å²) in [6.45, 7) is 3.32. The lowest BCUT2D eigenvalue weighted by atomic mass is 9.94. The summed E-state index contributed by atoms with van der Waals surface area (Å²) in [4.78, 5) is 2.37. The van der Waals surface area contributed by atoms with Crippen LogP contribution in [0.25, 0.3) is 0 Å². The summed E-state index contributed by atoms with van der Waals surface area (Å²) in [7, 11) is 0. The zero-order valence-electron chi connectivity index (χ0n) is 10.3. The molecular formula is C14H21NO2. The molecule has 1 saturated heterocycles. The molecule has 0 saturated carbocycles. The number of aliphatic hydroxyl groups is 1. The molecule has 3 heteroatoms. The van der Waals surface area contributed by atoms with E-state index < -0.39 is 0 Å². The molecule has 2 atom stereocenters. The third kappa shape index (κ3) is 2.79. The molecule has 0 bridgehead atoms. The van der Waals surface area contributed by atoms with Crippen LogP contribution in [0.3, 0.4) is 0 Å². The van der Waals surface area contributed by atoms with Gasteiger partial charge in [-0.05, 0) is 44.0 Å². The number of benzene rings is 1. The van der Waals surface area contributed by atoms with Gasteiger partial charge in [-0.2, -0.15) is 0 Å². The fourth-order valence-electron chi connectivity index (χ4n) is 2.64. The van der Waals surface area contributed by atoms with Crippen LogP contribution in [0, 0.1) is 0 Å². The summed E-state index contributed by atoms with van der Waals surface area (Å²) in [5, 5.41) is 18.6. The van der Waals surface area contributed by atoms with Gasteiger partial charge >= 0.3 is 0 Å². The van der Waals surface area contributed by atoms with E-state index in [9.17, 15) is 10.2 Å². The molecule has 0 spiro atoms. The fourth-order valence-corrected chi connectivity index (χ4v) is 2.64. The quantitative estimate of drug-likeness (QED) is 0.845. The largest absolute Gasteiger partial charge is 0.508 e. The SMILES string of the molecule is CC(CO)N1CCCCC1c1ccc(O)cc1. The Kier molecular flexibility index (Phi) is 4.02. The Hall–Kier alpha value is -1.06. The van der Waals surface area contributed by atoms with Crippen LogP contribution in [0.5, 0.6) is 5.75 Å². The van der Waals surface area contributed by atoms with Gasteiger partial charge in [0, 0.05) is 12.1 Å². The first-order valence-corrected chi connectivity index (χ1v) is 6.38. The lowest BCUT2D eigenvalue weighted by Gasteiger charge is -2.39. The summed E-state index contributed by atoms with van der Waals surface area (Å²) in [5.41, 5.74) is 1.24. The van der Waals surface area contributed by atoms with E-state index >= 15 is 0 Å². The monoisotopic (exact) mass is 235 g/mol. The third-order valence-corrected chi connectivity index (χ3v) is 3.65. The van der Waals surface area contributed by atoms with Crippen LogP contribution in [-0.4, -0.2) is 34.3 Å². The van der Waals surface area contributed by atoms with Crippen LogP contribution in [0.2, 0.25) is 0 Å². The van der Waals surface area contributed by atoms with Crippen molar-refractivity contribution in [2.24, 2.45) is 0 Å². The molecule has 17 heavy (non-hydrogen) atoms. The molecule has 94 valence electrons. The smallest absolute Gasteiger partial charge is 0.115 e. The molecular weight excluding hydrogens is 214 g/mol. The van der Waals surface area contributed by atoms with Gasteiger partial charge in [0.25, 0.3) is 0 Å². The molecule has 1 fully saturated rings. The zero-order chi connectivity index (χ0) is 12.3. The number of phenolic OH excluding ortho intramolecular Hbond substituents is 1. The Bertz CT molecular complexity index is 350. The van der Waals surface area contributed by atoms with Crippen LogP contribution < -0.4 is 0 Å². The van der Waals surface area contributed by atoms with Crippen molar-refractivity contribution in [3.63, 3.8) is 0 Å². The van der Waals surface area contributed by atoms with E-state index in [1.807, 2.05) is 12.1 Å². The first-order valence-electron chi connectivity index (χ1n) is 6.38. The predicted octanol–water partition coefficient (Wildman–Crippen LogP) is 2.30. The average Bonchev–Trinajstić information content (AvgIpc) is 2.39. The number of hydrogen-bond donors (Lipinski definition) is 2. The molecule has 2 rings (SSSR count). The van der Waals surface area contributed by atoms with Crippen molar-refractivity contribution >= 4 is 0 Å². The number of hydrogen-bond acceptors (Lipinski definition) is 3. The molecule has 2 N–H and O–H groups in total. The molecule has 1 aliphatic heterocycles. The summed E-state index contributed by atoms with van der Waals surface area (Å²) in [6, 6.07) is 8.04. The second kappa shape index (κ2) is 5.52. The summed E-state index contributed by atoms with van der Waals surface area (Å²) in [6.07, 6.45) is 3.58. The number of likely N-dealkylation sites (tertiary alicyclic amines) is 1. The number of aliphatic hydroxyl groups excluding tert-OH is 1. The lowest BCUT2D eigenvalue weighted by molar-refractivity contribution is 0.0659.